The van der Waals surface area contributed by atoms with Gasteiger partial charge in [-0.15, -0.1) is 5.10 Å². The Balaban J connectivity index is 2.09. The van der Waals surface area contributed by atoms with E-state index < -0.39 is 17.4 Å². The van der Waals surface area contributed by atoms with Gasteiger partial charge in [0, 0.05) is 25.2 Å². The van der Waals surface area contributed by atoms with E-state index >= 15 is 4.39 Å². The third kappa shape index (κ3) is 5.47. The van der Waals surface area contributed by atoms with Crippen LogP contribution in [0.2, 0.25) is 0 Å². The summed E-state index contributed by atoms with van der Waals surface area (Å²) in [7, 11) is 1.59. The number of hydrogen-bond donors (Lipinski definition) is 1. The predicted molar refractivity (Wildman–Crippen MR) is 125 cm³/mol. The first-order valence-electron chi connectivity index (χ1n) is 11.0. The number of carbonyl (C=O) groups excluding carboxylic acids is 1. The maximum Gasteiger partial charge on any atom is 0.350 e. The highest BCUT2D eigenvalue weighted by atomic mass is 19.1. The van der Waals surface area contributed by atoms with Gasteiger partial charge in [0.1, 0.15) is 28.9 Å². The zero-order valence-electron chi connectivity index (χ0n) is 19.8. The maximum absolute atomic E-state index is 15.2. The lowest BCUT2D eigenvalue weighted by Crippen LogP contribution is -2.24. The van der Waals surface area contributed by atoms with Gasteiger partial charge >= 0.3 is 5.69 Å². The van der Waals surface area contributed by atoms with Gasteiger partial charge in [0.05, 0.1) is 11.7 Å². The molecule has 33 heavy (non-hydrogen) atoms. The molecule has 0 saturated carbocycles. The lowest BCUT2D eigenvalue weighted by molar-refractivity contribution is 0.101. The standard InChI is InChI=1S/C24H30FN5O3/c1-14(2)11-16(5)33-20-13-19(30-24(32)29(6)22(28-30)15(3)4)18(25)12-17(20)23(31)27-21-9-7-8-10-26-21/h7-10,12-16H,11H2,1-6H3,(H,26,27,31). The van der Waals surface area contributed by atoms with Crippen LogP contribution in [0.4, 0.5) is 10.2 Å². The minimum atomic E-state index is -0.763. The molecule has 0 saturated heterocycles. The highest BCUT2D eigenvalue weighted by molar-refractivity contribution is 6.06. The molecule has 0 aliphatic rings. The Bertz CT molecular complexity index is 1180. The molecule has 8 nitrogen and oxygen atoms in total. The Kier molecular flexibility index (Phi) is 7.30. The molecule has 1 atom stereocenters. The Hall–Kier alpha value is -3.49. The van der Waals surface area contributed by atoms with E-state index in [4.69, 9.17) is 4.74 Å². The van der Waals surface area contributed by atoms with E-state index in [2.05, 4.69) is 29.2 Å². The van der Waals surface area contributed by atoms with Gasteiger partial charge in [0.25, 0.3) is 5.91 Å². The fourth-order valence-corrected chi connectivity index (χ4v) is 3.64. The van der Waals surface area contributed by atoms with Crippen molar-refractivity contribution in [1.29, 1.82) is 0 Å². The Morgan fingerprint density at radius 3 is 2.48 bits per heavy atom. The highest BCUT2D eigenvalue weighted by Crippen LogP contribution is 2.28. The van der Waals surface area contributed by atoms with Gasteiger partial charge in [-0.25, -0.2) is 14.2 Å². The van der Waals surface area contributed by atoms with E-state index in [0.717, 1.165) is 17.2 Å². The van der Waals surface area contributed by atoms with Crippen LogP contribution < -0.4 is 15.7 Å². The van der Waals surface area contributed by atoms with Crippen LogP contribution in [0.3, 0.4) is 0 Å². The molecule has 176 valence electrons. The second kappa shape index (κ2) is 9.97. The van der Waals surface area contributed by atoms with Gasteiger partial charge < -0.3 is 10.1 Å². The number of rotatable bonds is 8. The predicted octanol–water partition coefficient (Wildman–Crippen LogP) is 4.29. The van der Waals surface area contributed by atoms with E-state index in [1.165, 1.54) is 10.6 Å². The molecular weight excluding hydrogens is 425 g/mol. The summed E-state index contributed by atoms with van der Waals surface area (Å²) < 4.78 is 23.7. The molecule has 2 aromatic heterocycles. The van der Waals surface area contributed by atoms with Crippen molar-refractivity contribution in [1.82, 2.24) is 19.3 Å². The summed E-state index contributed by atoms with van der Waals surface area (Å²) in [6.07, 6.45) is 2.03. The number of ether oxygens (including phenoxy) is 1. The van der Waals surface area contributed by atoms with Crippen LogP contribution in [0.5, 0.6) is 5.75 Å². The number of pyridine rings is 1. The average molecular weight is 456 g/mol. The van der Waals surface area contributed by atoms with Crippen LogP contribution in [0.25, 0.3) is 5.69 Å². The summed E-state index contributed by atoms with van der Waals surface area (Å²) in [5, 5.41) is 6.97. The first-order valence-corrected chi connectivity index (χ1v) is 11.0. The molecule has 9 heteroatoms. The van der Waals surface area contributed by atoms with Crippen LogP contribution >= 0.6 is 0 Å². The molecule has 3 aromatic rings. The average Bonchev–Trinajstić information content (AvgIpc) is 3.04. The fourth-order valence-electron chi connectivity index (χ4n) is 3.64. The summed E-state index contributed by atoms with van der Waals surface area (Å²) >= 11 is 0. The Labute approximate surface area is 192 Å². The van der Waals surface area contributed by atoms with Gasteiger partial charge in [0.2, 0.25) is 0 Å². The van der Waals surface area contributed by atoms with Gasteiger partial charge in [0.15, 0.2) is 0 Å². The summed E-state index contributed by atoms with van der Waals surface area (Å²) in [6, 6.07) is 7.52. The van der Waals surface area contributed by atoms with Crippen LogP contribution in [0.1, 0.15) is 63.1 Å². The number of hydrogen-bond acceptors (Lipinski definition) is 5. The first-order chi connectivity index (χ1) is 15.6. The number of benzene rings is 1. The van der Waals surface area contributed by atoms with Gasteiger partial charge in [-0.1, -0.05) is 33.8 Å². The molecule has 1 amide bonds. The van der Waals surface area contributed by atoms with E-state index in [1.54, 1.807) is 31.4 Å². The van der Waals surface area contributed by atoms with E-state index in [1.807, 2.05) is 20.8 Å². The van der Waals surface area contributed by atoms with Crippen LogP contribution in [0, 0.1) is 11.7 Å². The van der Waals surface area contributed by atoms with Gasteiger partial charge in [-0.05, 0) is 37.5 Å². The summed E-state index contributed by atoms with van der Waals surface area (Å²) in [5.74, 6) is 0.0111. The highest BCUT2D eigenvalue weighted by Gasteiger charge is 2.23. The molecule has 0 spiro atoms. The van der Waals surface area contributed by atoms with E-state index in [9.17, 15) is 9.59 Å². The number of nitrogens with one attached hydrogen (secondary N) is 1. The lowest BCUT2D eigenvalue weighted by Gasteiger charge is -2.20. The molecule has 3 rings (SSSR count). The maximum atomic E-state index is 15.2. The smallest absolute Gasteiger partial charge is 0.350 e. The van der Waals surface area contributed by atoms with Crippen molar-refractivity contribution < 1.29 is 13.9 Å². The number of halogens is 1. The topological polar surface area (TPSA) is 91.0 Å². The molecule has 0 aliphatic carbocycles. The van der Waals surface area contributed by atoms with Crippen molar-refractivity contribution in [3.8, 4) is 11.4 Å². The molecule has 1 aromatic carbocycles. The molecule has 0 radical (unpaired) electrons. The minimum absolute atomic E-state index is 0.00516. The third-order valence-corrected chi connectivity index (χ3v) is 5.09. The van der Waals surface area contributed by atoms with Crippen LogP contribution in [-0.4, -0.2) is 31.3 Å². The largest absolute Gasteiger partial charge is 0.490 e. The van der Waals surface area contributed by atoms with Crippen molar-refractivity contribution in [3.63, 3.8) is 0 Å². The van der Waals surface area contributed by atoms with Crippen molar-refractivity contribution in [2.75, 3.05) is 5.32 Å². The molecule has 0 aliphatic heterocycles. The number of carbonyl (C=O) groups is 1. The van der Waals surface area contributed by atoms with Crippen molar-refractivity contribution in [3.05, 3.63) is 64.2 Å². The van der Waals surface area contributed by atoms with Crippen LogP contribution in [-0.2, 0) is 7.05 Å². The van der Waals surface area contributed by atoms with E-state index in [-0.39, 0.29) is 29.0 Å². The number of anilines is 1. The van der Waals surface area contributed by atoms with Crippen molar-refractivity contribution in [2.45, 2.75) is 53.1 Å². The van der Waals surface area contributed by atoms with Crippen molar-refractivity contribution >= 4 is 11.7 Å². The lowest BCUT2D eigenvalue weighted by atomic mass is 10.1. The SMILES string of the molecule is CC(C)CC(C)Oc1cc(-n2nc(C(C)C)n(C)c2=O)c(F)cc1C(=O)Nc1ccccn1. The molecule has 0 fully saturated rings. The van der Waals surface area contributed by atoms with E-state index in [0.29, 0.717) is 17.6 Å². The molecule has 2 heterocycles. The molecule has 0 bridgehead atoms. The monoisotopic (exact) mass is 455 g/mol. The zero-order valence-corrected chi connectivity index (χ0v) is 19.8. The normalized spacial score (nSPS) is 12.3. The van der Waals surface area contributed by atoms with Crippen LogP contribution in [0.15, 0.2) is 41.3 Å². The molecular formula is C24H30FN5O3. The van der Waals surface area contributed by atoms with Gasteiger partial charge in [-0.2, -0.15) is 4.68 Å². The zero-order chi connectivity index (χ0) is 24.3. The molecule has 1 unspecified atom stereocenters. The fraction of sp³-hybridized carbons (Fsp3) is 0.417. The summed E-state index contributed by atoms with van der Waals surface area (Å²) in [5.41, 5.74) is -0.557. The Morgan fingerprint density at radius 1 is 1.18 bits per heavy atom. The summed E-state index contributed by atoms with van der Waals surface area (Å²) in [6.45, 7) is 9.80. The number of amides is 1. The van der Waals surface area contributed by atoms with Crippen molar-refractivity contribution in [2.24, 2.45) is 13.0 Å². The second-order valence-electron chi connectivity index (χ2n) is 8.79. The minimum Gasteiger partial charge on any atom is -0.490 e. The second-order valence-corrected chi connectivity index (χ2v) is 8.79. The summed E-state index contributed by atoms with van der Waals surface area (Å²) in [4.78, 5) is 29.8. The molecule has 1 N–H and O–H groups in total. The number of aromatic nitrogens is 4. The Morgan fingerprint density at radius 2 is 1.91 bits per heavy atom. The van der Waals surface area contributed by atoms with Gasteiger partial charge in [-0.3, -0.25) is 9.36 Å². The quantitative estimate of drug-likeness (QED) is 0.547. The first kappa shape index (κ1) is 24.2. The number of nitrogens with zero attached hydrogens (tertiary/aromatic N) is 4. The third-order valence-electron chi connectivity index (χ3n) is 5.09.